The summed E-state index contributed by atoms with van der Waals surface area (Å²) < 4.78 is 4.80. The summed E-state index contributed by atoms with van der Waals surface area (Å²) in [4.78, 5) is 27.6. The normalized spacial score (nSPS) is 14.5. The second kappa shape index (κ2) is 10.1. The molecule has 1 amide bonds. The van der Waals surface area contributed by atoms with E-state index in [9.17, 15) is 14.7 Å². The number of carbonyl (C=O) groups excluding carboxylic acids is 2. The van der Waals surface area contributed by atoms with Gasteiger partial charge in [0.25, 0.3) is 5.91 Å². The number of aromatic nitrogens is 1. The second-order valence-electron chi connectivity index (χ2n) is 6.54. The number of methoxy groups -OCH3 is 1. The Hall–Kier alpha value is -2.42. The Labute approximate surface area is 158 Å². The molecule has 27 heavy (non-hydrogen) atoms. The third kappa shape index (κ3) is 5.53. The number of aliphatic hydroxyl groups excluding tert-OH is 1. The number of unbranched alkanes of at least 4 members (excludes halogenated alkanes) is 1. The lowest BCUT2D eigenvalue weighted by Crippen LogP contribution is -2.52. The number of hydrogen-bond acceptors (Lipinski definition) is 6. The standard InChI is InChI=1S/C19H28N4O4/c1-27-19(26)16(10-12-11-22-15-8-3-2-6-13(12)15)23-18(25)17(24)14(21)7-4-5-9-20/h2-3,6,8,11,14,16-17,22,24H,4-5,7,9-10,20-21H2,1H3,(H,23,25)/t14-,16-,17+/m1/s1. The van der Waals surface area contributed by atoms with E-state index in [1.54, 1.807) is 6.20 Å². The van der Waals surface area contributed by atoms with Crippen molar-refractivity contribution in [1.82, 2.24) is 10.3 Å². The maximum absolute atomic E-state index is 12.4. The van der Waals surface area contributed by atoms with Gasteiger partial charge in [-0.05, 0) is 31.0 Å². The molecule has 1 aromatic carbocycles. The molecule has 3 atom stereocenters. The van der Waals surface area contributed by atoms with E-state index in [0.717, 1.165) is 29.3 Å². The Morgan fingerprint density at radius 1 is 1.30 bits per heavy atom. The molecule has 0 aliphatic heterocycles. The van der Waals surface area contributed by atoms with E-state index < -0.39 is 30.1 Å². The Morgan fingerprint density at radius 3 is 2.74 bits per heavy atom. The van der Waals surface area contributed by atoms with Crippen molar-refractivity contribution in [3.63, 3.8) is 0 Å². The van der Waals surface area contributed by atoms with Crippen molar-refractivity contribution in [2.75, 3.05) is 13.7 Å². The van der Waals surface area contributed by atoms with Crippen LogP contribution in [0.3, 0.4) is 0 Å². The summed E-state index contributed by atoms with van der Waals surface area (Å²) in [6.45, 7) is 0.532. The lowest BCUT2D eigenvalue weighted by atomic mass is 10.0. The van der Waals surface area contributed by atoms with Crippen LogP contribution in [0.4, 0.5) is 0 Å². The van der Waals surface area contributed by atoms with Crippen LogP contribution < -0.4 is 16.8 Å². The van der Waals surface area contributed by atoms with Gasteiger partial charge in [-0.2, -0.15) is 0 Å². The van der Waals surface area contributed by atoms with Gasteiger partial charge in [0.1, 0.15) is 12.1 Å². The van der Waals surface area contributed by atoms with Gasteiger partial charge in [-0.15, -0.1) is 0 Å². The molecule has 0 spiro atoms. The maximum atomic E-state index is 12.4. The molecule has 1 heterocycles. The quantitative estimate of drug-likeness (QED) is 0.296. The van der Waals surface area contributed by atoms with Crippen molar-refractivity contribution < 1.29 is 19.4 Å². The number of carbonyl (C=O) groups is 2. The summed E-state index contributed by atoms with van der Waals surface area (Å²) >= 11 is 0. The maximum Gasteiger partial charge on any atom is 0.328 e. The number of aromatic amines is 1. The molecule has 0 aliphatic rings. The minimum atomic E-state index is -1.40. The summed E-state index contributed by atoms with van der Waals surface area (Å²) in [6.07, 6.45) is 2.58. The fraction of sp³-hybridized carbons (Fsp3) is 0.474. The number of nitrogens with two attached hydrogens (primary N) is 2. The molecule has 1 aromatic heterocycles. The highest BCUT2D eigenvalue weighted by Gasteiger charge is 2.29. The zero-order valence-corrected chi connectivity index (χ0v) is 15.5. The minimum Gasteiger partial charge on any atom is -0.467 e. The van der Waals surface area contributed by atoms with Crippen LogP contribution in [-0.4, -0.2) is 53.8 Å². The van der Waals surface area contributed by atoms with Gasteiger partial charge in [0.2, 0.25) is 0 Å². The van der Waals surface area contributed by atoms with E-state index in [1.807, 2.05) is 24.3 Å². The molecular weight excluding hydrogens is 348 g/mol. The lowest BCUT2D eigenvalue weighted by Gasteiger charge is -2.22. The van der Waals surface area contributed by atoms with E-state index in [0.29, 0.717) is 13.0 Å². The molecule has 2 rings (SSSR count). The van der Waals surface area contributed by atoms with Crippen molar-refractivity contribution in [1.29, 1.82) is 0 Å². The molecule has 0 fully saturated rings. The van der Waals surface area contributed by atoms with Crippen LogP contribution in [0.15, 0.2) is 30.5 Å². The van der Waals surface area contributed by atoms with Crippen molar-refractivity contribution in [2.45, 2.75) is 43.9 Å². The Kier molecular flexibility index (Phi) is 7.78. The van der Waals surface area contributed by atoms with E-state index in [4.69, 9.17) is 16.2 Å². The largest absolute Gasteiger partial charge is 0.467 e. The molecule has 0 bridgehead atoms. The first-order chi connectivity index (χ1) is 13.0. The monoisotopic (exact) mass is 376 g/mol. The minimum absolute atomic E-state index is 0.234. The van der Waals surface area contributed by atoms with E-state index in [-0.39, 0.29) is 6.42 Å². The van der Waals surface area contributed by atoms with Crippen molar-refractivity contribution in [3.05, 3.63) is 36.0 Å². The summed E-state index contributed by atoms with van der Waals surface area (Å²) in [7, 11) is 1.26. The number of rotatable bonds is 10. The number of para-hydroxylation sites is 1. The fourth-order valence-corrected chi connectivity index (χ4v) is 2.99. The molecule has 2 aromatic rings. The van der Waals surface area contributed by atoms with Crippen molar-refractivity contribution in [3.8, 4) is 0 Å². The molecular formula is C19H28N4O4. The smallest absolute Gasteiger partial charge is 0.328 e. The average molecular weight is 376 g/mol. The van der Waals surface area contributed by atoms with E-state index in [2.05, 4.69) is 10.3 Å². The number of aliphatic hydroxyl groups is 1. The van der Waals surface area contributed by atoms with Crippen LogP contribution in [0.25, 0.3) is 10.9 Å². The van der Waals surface area contributed by atoms with Crippen LogP contribution in [0.5, 0.6) is 0 Å². The molecule has 148 valence electrons. The summed E-state index contributed by atoms with van der Waals surface area (Å²) in [5, 5.41) is 13.7. The topological polar surface area (TPSA) is 143 Å². The van der Waals surface area contributed by atoms with Crippen LogP contribution in [-0.2, 0) is 20.7 Å². The van der Waals surface area contributed by atoms with Crippen LogP contribution in [0.1, 0.15) is 24.8 Å². The Balaban J connectivity index is 2.05. The van der Waals surface area contributed by atoms with Gasteiger partial charge in [-0.1, -0.05) is 24.6 Å². The van der Waals surface area contributed by atoms with Gasteiger partial charge in [-0.25, -0.2) is 4.79 Å². The fourth-order valence-electron chi connectivity index (χ4n) is 2.99. The molecule has 7 N–H and O–H groups in total. The summed E-state index contributed by atoms with van der Waals surface area (Å²) in [5.74, 6) is -1.27. The predicted octanol–water partition coefficient (Wildman–Crippen LogP) is 0.185. The summed E-state index contributed by atoms with van der Waals surface area (Å²) in [5.41, 5.74) is 13.1. The molecule has 0 unspecified atom stereocenters. The number of benzene rings is 1. The lowest BCUT2D eigenvalue weighted by molar-refractivity contribution is -0.146. The first-order valence-electron chi connectivity index (χ1n) is 9.04. The van der Waals surface area contributed by atoms with Gasteiger partial charge < -0.3 is 31.6 Å². The highest BCUT2D eigenvalue weighted by Crippen LogP contribution is 2.19. The van der Waals surface area contributed by atoms with Gasteiger partial charge >= 0.3 is 5.97 Å². The molecule has 0 radical (unpaired) electrons. The first kappa shape index (κ1) is 20.9. The molecule has 0 aliphatic carbocycles. The third-order valence-corrected chi connectivity index (χ3v) is 4.57. The number of nitrogens with one attached hydrogen (secondary N) is 2. The van der Waals surface area contributed by atoms with Crippen molar-refractivity contribution >= 4 is 22.8 Å². The average Bonchev–Trinajstić information content (AvgIpc) is 3.09. The zero-order chi connectivity index (χ0) is 19.8. The highest BCUT2D eigenvalue weighted by molar-refractivity contribution is 5.89. The zero-order valence-electron chi connectivity index (χ0n) is 15.5. The Bertz CT molecular complexity index is 761. The van der Waals surface area contributed by atoms with E-state index >= 15 is 0 Å². The van der Waals surface area contributed by atoms with Gasteiger partial charge in [0.05, 0.1) is 7.11 Å². The van der Waals surface area contributed by atoms with Gasteiger partial charge in [0, 0.05) is 29.6 Å². The number of amides is 1. The number of H-pyrrole nitrogens is 1. The molecule has 8 nitrogen and oxygen atoms in total. The number of esters is 1. The van der Waals surface area contributed by atoms with Crippen LogP contribution in [0, 0.1) is 0 Å². The van der Waals surface area contributed by atoms with Gasteiger partial charge in [-0.3, -0.25) is 4.79 Å². The molecule has 8 heteroatoms. The van der Waals surface area contributed by atoms with Gasteiger partial charge in [0.15, 0.2) is 0 Å². The first-order valence-corrected chi connectivity index (χ1v) is 9.04. The molecule has 0 saturated heterocycles. The van der Waals surface area contributed by atoms with E-state index in [1.165, 1.54) is 7.11 Å². The second-order valence-corrected chi connectivity index (χ2v) is 6.54. The van der Waals surface area contributed by atoms with Crippen LogP contribution in [0.2, 0.25) is 0 Å². The SMILES string of the molecule is COC(=O)[C@@H](Cc1c[nH]c2ccccc12)NC(=O)[C@@H](O)[C@H](N)CCCCN. The highest BCUT2D eigenvalue weighted by atomic mass is 16.5. The van der Waals surface area contributed by atoms with Crippen LogP contribution >= 0.6 is 0 Å². The number of fused-ring (bicyclic) bond motifs is 1. The molecule has 0 saturated carbocycles. The number of ether oxygens (including phenoxy) is 1. The third-order valence-electron chi connectivity index (χ3n) is 4.57. The van der Waals surface area contributed by atoms with Crippen molar-refractivity contribution in [2.24, 2.45) is 11.5 Å². The predicted molar refractivity (Wildman–Crippen MR) is 103 cm³/mol. The Morgan fingerprint density at radius 2 is 2.04 bits per heavy atom. The summed E-state index contributed by atoms with van der Waals surface area (Å²) in [6, 6.07) is 6.02. The number of hydrogen-bond donors (Lipinski definition) is 5.